The lowest BCUT2D eigenvalue weighted by Gasteiger charge is -2.31. The minimum absolute atomic E-state index is 0.214. The third kappa shape index (κ3) is 3.86. The van der Waals surface area contributed by atoms with Crippen molar-refractivity contribution in [1.82, 2.24) is 9.78 Å². The molecule has 1 aromatic heterocycles. The predicted molar refractivity (Wildman–Crippen MR) is 120 cm³/mol. The van der Waals surface area contributed by atoms with Gasteiger partial charge >= 0.3 is 6.18 Å². The van der Waals surface area contributed by atoms with Gasteiger partial charge in [0.25, 0.3) is 0 Å². The second kappa shape index (κ2) is 8.14. The Kier molecular flexibility index (Phi) is 5.25. The number of halogens is 4. The first-order chi connectivity index (χ1) is 16.2. The molecular weight excluding hydrogens is 448 g/mol. The molecule has 1 heterocycles. The van der Waals surface area contributed by atoms with Gasteiger partial charge in [-0.1, -0.05) is 36.4 Å². The van der Waals surface area contributed by atoms with Crippen molar-refractivity contribution in [1.29, 1.82) is 0 Å². The number of aromatic nitrogens is 2. The van der Waals surface area contributed by atoms with Crippen molar-refractivity contribution < 1.29 is 27.4 Å². The fourth-order valence-electron chi connectivity index (χ4n) is 3.85. The van der Waals surface area contributed by atoms with Crippen LogP contribution in [0, 0.1) is 5.82 Å². The number of fused-ring (bicyclic) bond motifs is 2. The number of benzene rings is 4. The summed E-state index contributed by atoms with van der Waals surface area (Å²) in [6, 6.07) is 21.8. The molecule has 4 aromatic carbocycles. The molecule has 1 N–H and O–H groups in total. The zero-order chi connectivity index (χ0) is 23.9. The molecule has 34 heavy (non-hydrogen) atoms. The van der Waals surface area contributed by atoms with Gasteiger partial charge in [-0.15, -0.1) is 0 Å². The van der Waals surface area contributed by atoms with Crippen molar-refractivity contribution in [2.24, 2.45) is 0 Å². The number of nitrogens with zero attached hydrogens (tertiary/aromatic N) is 2. The highest BCUT2D eigenvalue weighted by atomic mass is 19.4. The zero-order valence-corrected chi connectivity index (χ0v) is 17.6. The van der Waals surface area contributed by atoms with E-state index in [9.17, 15) is 22.7 Å². The summed E-state index contributed by atoms with van der Waals surface area (Å²) in [6.07, 6.45) is -3.60. The van der Waals surface area contributed by atoms with E-state index in [2.05, 4.69) is 5.10 Å². The standard InChI is InChI=1S/C26H18F4N2O2/c27-21-7-9-22(10-8-21)32-24-12-6-20(13-19(24)15-31-32)25(33,26(28,29)30)16-34-23-11-5-17-3-1-2-4-18(17)14-23/h1-15,33H,16H2. The average Bonchev–Trinajstić information content (AvgIpc) is 3.25. The van der Waals surface area contributed by atoms with Crippen LogP contribution in [-0.4, -0.2) is 27.7 Å². The normalized spacial score (nSPS) is 13.8. The minimum atomic E-state index is -5.00. The van der Waals surface area contributed by atoms with E-state index in [-0.39, 0.29) is 11.3 Å². The van der Waals surface area contributed by atoms with Crippen molar-refractivity contribution in [2.45, 2.75) is 11.8 Å². The zero-order valence-electron chi connectivity index (χ0n) is 17.6. The Bertz CT molecular complexity index is 1480. The van der Waals surface area contributed by atoms with Gasteiger partial charge in [0, 0.05) is 5.39 Å². The Morgan fingerprint density at radius 3 is 2.29 bits per heavy atom. The van der Waals surface area contributed by atoms with Gasteiger partial charge in [0.2, 0.25) is 5.60 Å². The minimum Gasteiger partial charge on any atom is -0.490 e. The lowest BCUT2D eigenvalue weighted by atomic mass is 9.93. The molecule has 5 rings (SSSR count). The Morgan fingerprint density at radius 1 is 0.824 bits per heavy atom. The van der Waals surface area contributed by atoms with E-state index in [1.54, 1.807) is 18.2 Å². The molecule has 0 radical (unpaired) electrons. The predicted octanol–water partition coefficient (Wildman–Crippen LogP) is 6.15. The number of aliphatic hydroxyl groups is 1. The maximum atomic E-state index is 14.1. The average molecular weight is 466 g/mol. The second-order valence-electron chi connectivity index (χ2n) is 7.96. The molecule has 0 amide bonds. The quantitative estimate of drug-likeness (QED) is 0.316. The van der Waals surface area contributed by atoms with Crippen LogP contribution in [0.4, 0.5) is 17.6 Å². The molecule has 4 nitrogen and oxygen atoms in total. The molecule has 8 heteroatoms. The van der Waals surface area contributed by atoms with Gasteiger partial charge in [0.05, 0.1) is 17.4 Å². The van der Waals surface area contributed by atoms with Crippen molar-refractivity contribution in [3.63, 3.8) is 0 Å². The molecule has 0 aliphatic heterocycles. The molecule has 172 valence electrons. The Hall–Kier alpha value is -3.91. The molecule has 0 spiro atoms. The van der Waals surface area contributed by atoms with Crippen LogP contribution in [0.5, 0.6) is 5.75 Å². The van der Waals surface area contributed by atoms with E-state index < -0.39 is 24.2 Å². The third-order valence-corrected chi connectivity index (χ3v) is 5.75. The molecule has 5 aromatic rings. The van der Waals surface area contributed by atoms with Crippen LogP contribution in [0.3, 0.4) is 0 Å². The Balaban J connectivity index is 1.48. The third-order valence-electron chi connectivity index (χ3n) is 5.75. The van der Waals surface area contributed by atoms with E-state index >= 15 is 0 Å². The summed E-state index contributed by atoms with van der Waals surface area (Å²) < 4.78 is 62.4. The molecular formula is C26H18F4N2O2. The van der Waals surface area contributed by atoms with Gasteiger partial charge in [0.1, 0.15) is 18.2 Å². The van der Waals surface area contributed by atoms with Gasteiger partial charge in [-0.3, -0.25) is 0 Å². The first-order valence-electron chi connectivity index (χ1n) is 10.4. The van der Waals surface area contributed by atoms with Gasteiger partial charge in [-0.05, 0) is 64.9 Å². The largest absolute Gasteiger partial charge is 0.490 e. The van der Waals surface area contributed by atoms with E-state index in [1.165, 1.54) is 53.3 Å². The van der Waals surface area contributed by atoms with Crippen LogP contribution < -0.4 is 4.74 Å². The van der Waals surface area contributed by atoms with Crippen LogP contribution in [-0.2, 0) is 5.60 Å². The van der Waals surface area contributed by atoms with Crippen LogP contribution in [0.15, 0.2) is 91.1 Å². The highest BCUT2D eigenvalue weighted by Crippen LogP contribution is 2.40. The van der Waals surface area contributed by atoms with Crippen LogP contribution in [0.1, 0.15) is 5.56 Å². The summed E-state index contributed by atoms with van der Waals surface area (Å²) in [4.78, 5) is 0. The summed E-state index contributed by atoms with van der Waals surface area (Å²) in [5.74, 6) is -0.198. The maximum absolute atomic E-state index is 14.1. The van der Waals surface area contributed by atoms with Crippen molar-refractivity contribution in [2.75, 3.05) is 6.61 Å². The molecule has 1 unspecified atom stereocenters. The Labute approximate surface area is 191 Å². The van der Waals surface area contributed by atoms with Gasteiger partial charge in [-0.25, -0.2) is 9.07 Å². The summed E-state index contributed by atoms with van der Waals surface area (Å²) >= 11 is 0. The van der Waals surface area contributed by atoms with Gasteiger partial charge < -0.3 is 9.84 Å². The topological polar surface area (TPSA) is 47.3 Å². The summed E-state index contributed by atoms with van der Waals surface area (Å²) in [5, 5.41) is 17.1. The summed E-state index contributed by atoms with van der Waals surface area (Å²) in [7, 11) is 0. The first-order valence-corrected chi connectivity index (χ1v) is 10.4. The van der Waals surface area contributed by atoms with Crippen molar-refractivity contribution in [3.8, 4) is 11.4 Å². The maximum Gasteiger partial charge on any atom is 0.424 e. The number of ether oxygens (including phenoxy) is 1. The smallest absolute Gasteiger partial charge is 0.424 e. The van der Waals surface area contributed by atoms with Crippen molar-refractivity contribution in [3.05, 3.63) is 103 Å². The first kappa shape index (κ1) is 21.9. The van der Waals surface area contributed by atoms with Crippen LogP contribution >= 0.6 is 0 Å². The monoisotopic (exact) mass is 466 g/mol. The van der Waals surface area contributed by atoms with Crippen molar-refractivity contribution >= 4 is 21.7 Å². The van der Waals surface area contributed by atoms with Gasteiger partial charge in [-0.2, -0.15) is 18.3 Å². The lowest BCUT2D eigenvalue weighted by molar-refractivity contribution is -0.275. The van der Waals surface area contributed by atoms with E-state index in [0.29, 0.717) is 16.6 Å². The highest BCUT2D eigenvalue weighted by molar-refractivity contribution is 5.84. The molecule has 0 aliphatic carbocycles. The number of alkyl halides is 3. The number of hydrogen-bond acceptors (Lipinski definition) is 3. The molecule has 0 saturated heterocycles. The SMILES string of the molecule is OC(COc1ccc2ccccc2c1)(c1ccc2c(cnn2-c2ccc(F)cc2)c1)C(F)(F)F. The molecule has 1 atom stereocenters. The number of rotatable bonds is 5. The molecule has 0 saturated carbocycles. The second-order valence-corrected chi connectivity index (χ2v) is 7.96. The van der Waals surface area contributed by atoms with Crippen LogP contribution in [0.25, 0.3) is 27.4 Å². The number of hydrogen-bond donors (Lipinski definition) is 1. The Morgan fingerprint density at radius 2 is 1.56 bits per heavy atom. The summed E-state index contributed by atoms with van der Waals surface area (Å²) in [6.45, 7) is -1.02. The van der Waals surface area contributed by atoms with Gasteiger partial charge in [0.15, 0.2) is 0 Å². The molecule has 0 bridgehead atoms. The highest BCUT2D eigenvalue weighted by Gasteiger charge is 2.56. The fourth-order valence-corrected chi connectivity index (χ4v) is 3.85. The van der Waals surface area contributed by atoms with Crippen LogP contribution in [0.2, 0.25) is 0 Å². The van der Waals surface area contributed by atoms with E-state index in [0.717, 1.165) is 10.8 Å². The lowest BCUT2D eigenvalue weighted by Crippen LogP contribution is -2.47. The molecule has 0 aliphatic rings. The summed E-state index contributed by atoms with van der Waals surface area (Å²) in [5.41, 5.74) is -2.55. The van der Waals surface area contributed by atoms with E-state index in [4.69, 9.17) is 4.74 Å². The van der Waals surface area contributed by atoms with E-state index in [1.807, 2.05) is 24.3 Å². The molecule has 0 fully saturated rings. The fraction of sp³-hybridized carbons (Fsp3) is 0.115.